The molecule has 0 unspecified atom stereocenters. The van der Waals surface area contributed by atoms with Gasteiger partial charge in [-0.05, 0) is 18.7 Å². The molecular formula is C14H18N2O3. The number of nitrogens with one attached hydrogen (secondary N) is 1. The van der Waals surface area contributed by atoms with Gasteiger partial charge in [-0.3, -0.25) is 14.5 Å². The van der Waals surface area contributed by atoms with Crippen LogP contribution in [0.1, 0.15) is 13.3 Å². The molecule has 1 aliphatic heterocycles. The fourth-order valence-electron chi connectivity index (χ4n) is 2.16. The predicted octanol–water partition coefficient (Wildman–Crippen LogP) is 1.26. The lowest BCUT2D eigenvalue weighted by Gasteiger charge is -2.32. The lowest BCUT2D eigenvalue weighted by atomic mass is 10.1. The summed E-state index contributed by atoms with van der Waals surface area (Å²) in [7, 11) is 0. The van der Waals surface area contributed by atoms with Crippen LogP contribution in [0.3, 0.4) is 0 Å². The Labute approximate surface area is 112 Å². The van der Waals surface area contributed by atoms with Crippen molar-refractivity contribution >= 4 is 17.6 Å². The molecule has 1 fully saturated rings. The van der Waals surface area contributed by atoms with E-state index in [9.17, 15) is 9.59 Å². The van der Waals surface area contributed by atoms with E-state index in [0.717, 1.165) is 12.2 Å². The monoisotopic (exact) mass is 262 g/mol. The molecule has 1 N–H and O–H groups in total. The molecule has 1 aromatic rings. The molecule has 1 aliphatic rings. The average molecular weight is 262 g/mol. The van der Waals surface area contributed by atoms with Crippen LogP contribution < -0.4 is 5.32 Å². The molecule has 0 aliphatic carbocycles. The zero-order valence-electron chi connectivity index (χ0n) is 11.0. The Morgan fingerprint density at radius 3 is 2.84 bits per heavy atom. The second-order valence-corrected chi connectivity index (χ2v) is 4.43. The molecule has 1 heterocycles. The van der Waals surface area contributed by atoms with Gasteiger partial charge in [0.15, 0.2) is 0 Å². The van der Waals surface area contributed by atoms with E-state index in [-0.39, 0.29) is 18.3 Å². The van der Waals surface area contributed by atoms with Crippen LogP contribution in [0.15, 0.2) is 30.3 Å². The first-order chi connectivity index (χ1) is 9.20. The van der Waals surface area contributed by atoms with Gasteiger partial charge in [0.1, 0.15) is 12.6 Å². The van der Waals surface area contributed by atoms with Crippen molar-refractivity contribution in [1.82, 2.24) is 4.90 Å². The number of ether oxygens (including phenoxy) is 1. The Bertz CT molecular complexity index is 447. The van der Waals surface area contributed by atoms with Crippen LogP contribution in [-0.2, 0) is 14.3 Å². The highest BCUT2D eigenvalue weighted by atomic mass is 16.5. The third kappa shape index (κ3) is 3.54. The zero-order chi connectivity index (χ0) is 13.7. The van der Waals surface area contributed by atoms with Gasteiger partial charge in [-0.25, -0.2) is 0 Å². The third-order valence-electron chi connectivity index (χ3n) is 3.18. The molecule has 1 aromatic carbocycles. The summed E-state index contributed by atoms with van der Waals surface area (Å²) in [5.74, 6) is -0.482. The van der Waals surface area contributed by atoms with Crippen molar-refractivity contribution in [2.75, 3.05) is 25.0 Å². The SMILES string of the molecule is CCN1CCOC(=O)[C@H]1CC(=O)Nc1ccccc1. The number of para-hydroxylation sites is 1. The number of rotatable bonds is 4. The van der Waals surface area contributed by atoms with E-state index < -0.39 is 6.04 Å². The molecule has 0 spiro atoms. The van der Waals surface area contributed by atoms with E-state index >= 15 is 0 Å². The Morgan fingerprint density at radius 2 is 2.16 bits per heavy atom. The third-order valence-corrected chi connectivity index (χ3v) is 3.18. The van der Waals surface area contributed by atoms with Crippen molar-refractivity contribution in [3.05, 3.63) is 30.3 Å². The van der Waals surface area contributed by atoms with E-state index in [1.165, 1.54) is 0 Å². The highest BCUT2D eigenvalue weighted by Crippen LogP contribution is 2.13. The molecule has 2 rings (SSSR count). The van der Waals surface area contributed by atoms with E-state index in [1.807, 2.05) is 42.2 Å². The van der Waals surface area contributed by atoms with Crippen molar-refractivity contribution in [2.45, 2.75) is 19.4 Å². The molecule has 0 bridgehead atoms. The molecule has 0 aromatic heterocycles. The predicted molar refractivity (Wildman–Crippen MR) is 71.7 cm³/mol. The topological polar surface area (TPSA) is 58.6 Å². The minimum Gasteiger partial charge on any atom is -0.463 e. The number of benzene rings is 1. The number of likely N-dealkylation sites (N-methyl/N-ethyl adjacent to an activating group) is 1. The van der Waals surface area contributed by atoms with Gasteiger partial charge in [-0.2, -0.15) is 0 Å². The van der Waals surface area contributed by atoms with Gasteiger partial charge in [0.05, 0.1) is 6.42 Å². The summed E-state index contributed by atoms with van der Waals surface area (Å²) in [6, 6.07) is 8.74. The van der Waals surface area contributed by atoms with E-state index in [4.69, 9.17) is 4.74 Å². The Balaban J connectivity index is 1.95. The number of morpholine rings is 1. The van der Waals surface area contributed by atoms with Crippen molar-refractivity contribution in [1.29, 1.82) is 0 Å². The maximum Gasteiger partial charge on any atom is 0.323 e. The standard InChI is InChI=1S/C14H18N2O3/c1-2-16-8-9-19-14(18)12(16)10-13(17)15-11-6-4-3-5-7-11/h3-7,12H,2,8-10H2,1H3,(H,15,17)/t12-/m1/s1. The van der Waals surface area contributed by atoms with Crippen molar-refractivity contribution in [3.63, 3.8) is 0 Å². The fourth-order valence-corrected chi connectivity index (χ4v) is 2.16. The Morgan fingerprint density at radius 1 is 1.42 bits per heavy atom. The Hall–Kier alpha value is -1.88. The van der Waals surface area contributed by atoms with Gasteiger partial charge in [0.25, 0.3) is 0 Å². The van der Waals surface area contributed by atoms with E-state index in [0.29, 0.717) is 13.2 Å². The minimum atomic E-state index is -0.470. The maximum absolute atomic E-state index is 11.9. The largest absolute Gasteiger partial charge is 0.463 e. The number of carbonyl (C=O) groups excluding carboxylic acids is 2. The van der Waals surface area contributed by atoms with Crippen LogP contribution in [0.25, 0.3) is 0 Å². The number of cyclic esters (lactones) is 1. The van der Waals surface area contributed by atoms with Gasteiger partial charge in [0, 0.05) is 12.2 Å². The molecule has 0 radical (unpaired) electrons. The van der Waals surface area contributed by atoms with Crippen molar-refractivity contribution < 1.29 is 14.3 Å². The second-order valence-electron chi connectivity index (χ2n) is 4.43. The first-order valence-corrected chi connectivity index (χ1v) is 6.46. The number of carbonyl (C=O) groups is 2. The number of nitrogens with zero attached hydrogens (tertiary/aromatic N) is 1. The second kappa shape index (κ2) is 6.33. The van der Waals surface area contributed by atoms with Crippen LogP contribution >= 0.6 is 0 Å². The zero-order valence-corrected chi connectivity index (χ0v) is 11.0. The minimum absolute atomic E-state index is 0.127. The van der Waals surface area contributed by atoms with Crippen LogP contribution in [0.4, 0.5) is 5.69 Å². The van der Waals surface area contributed by atoms with Gasteiger partial charge in [0.2, 0.25) is 5.91 Å². The highest BCUT2D eigenvalue weighted by molar-refractivity contribution is 5.94. The molecule has 19 heavy (non-hydrogen) atoms. The van der Waals surface area contributed by atoms with Gasteiger partial charge in [-0.15, -0.1) is 0 Å². The van der Waals surface area contributed by atoms with Crippen LogP contribution in [0.5, 0.6) is 0 Å². The molecule has 5 heteroatoms. The highest BCUT2D eigenvalue weighted by Gasteiger charge is 2.32. The van der Waals surface area contributed by atoms with Crippen molar-refractivity contribution in [2.24, 2.45) is 0 Å². The van der Waals surface area contributed by atoms with E-state index in [1.54, 1.807) is 0 Å². The number of hydrogen-bond donors (Lipinski definition) is 1. The fraction of sp³-hybridized carbons (Fsp3) is 0.429. The smallest absolute Gasteiger partial charge is 0.323 e. The Kier molecular flexibility index (Phi) is 4.52. The summed E-state index contributed by atoms with van der Waals surface area (Å²) in [5.41, 5.74) is 0.736. The summed E-state index contributed by atoms with van der Waals surface area (Å²) in [5, 5.41) is 2.78. The molecule has 0 saturated carbocycles. The van der Waals surface area contributed by atoms with Gasteiger partial charge in [-0.1, -0.05) is 25.1 Å². The average Bonchev–Trinajstić information content (AvgIpc) is 2.42. The van der Waals surface area contributed by atoms with E-state index in [2.05, 4.69) is 5.32 Å². The summed E-state index contributed by atoms with van der Waals surface area (Å²) in [6.07, 6.45) is 0.127. The molecule has 1 amide bonds. The number of amides is 1. The lowest BCUT2D eigenvalue weighted by molar-refractivity contribution is -0.158. The molecule has 102 valence electrons. The van der Waals surface area contributed by atoms with Crippen molar-refractivity contribution in [3.8, 4) is 0 Å². The maximum atomic E-state index is 11.9. The molecule has 1 atom stereocenters. The summed E-state index contributed by atoms with van der Waals surface area (Å²) in [6.45, 7) is 3.80. The first-order valence-electron chi connectivity index (χ1n) is 6.46. The molecule has 1 saturated heterocycles. The normalized spacial score (nSPS) is 19.8. The summed E-state index contributed by atoms with van der Waals surface area (Å²) >= 11 is 0. The first kappa shape index (κ1) is 13.5. The lowest BCUT2D eigenvalue weighted by Crippen LogP contribution is -2.50. The summed E-state index contributed by atoms with van der Waals surface area (Å²) < 4.78 is 5.01. The van der Waals surface area contributed by atoms with Gasteiger partial charge < -0.3 is 10.1 Å². The summed E-state index contributed by atoms with van der Waals surface area (Å²) in [4.78, 5) is 25.6. The molecule has 5 nitrogen and oxygen atoms in total. The van der Waals surface area contributed by atoms with Gasteiger partial charge >= 0.3 is 5.97 Å². The molecular weight excluding hydrogens is 244 g/mol. The number of hydrogen-bond acceptors (Lipinski definition) is 4. The van der Waals surface area contributed by atoms with Crippen LogP contribution in [0, 0.1) is 0 Å². The number of anilines is 1. The van der Waals surface area contributed by atoms with Crippen LogP contribution in [0.2, 0.25) is 0 Å². The van der Waals surface area contributed by atoms with Crippen LogP contribution in [-0.4, -0.2) is 42.5 Å². The number of esters is 1. The quantitative estimate of drug-likeness (QED) is 0.830.